The van der Waals surface area contributed by atoms with Gasteiger partial charge in [0.1, 0.15) is 5.56 Å². The lowest BCUT2D eigenvalue weighted by molar-refractivity contribution is 0.0694. The lowest BCUT2D eigenvalue weighted by atomic mass is 9.94. The Morgan fingerprint density at radius 3 is 3.06 bits per heavy atom. The second kappa shape index (κ2) is 4.25. The Bertz CT molecular complexity index is 398. The molecule has 0 unspecified atom stereocenters. The highest BCUT2D eigenvalue weighted by Gasteiger charge is 2.25. The van der Waals surface area contributed by atoms with Crippen molar-refractivity contribution in [1.29, 1.82) is 0 Å². The molecule has 1 aromatic rings. The summed E-state index contributed by atoms with van der Waals surface area (Å²) in [5, 5.41) is 13.1. The molecule has 0 spiro atoms. The summed E-state index contributed by atoms with van der Waals surface area (Å²) in [5.74, 6) is -0.330. The van der Waals surface area contributed by atoms with Gasteiger partial charge in [-0.15, -0.1) is 0 Å². The second-order valence-corrected chi connectivity index (χ2v) is 4.65. The van der Waals surface area contributed by atoms with Crippen molar-refractivity contribution < 1.29 is 9.90 Å². The van der Waals surface area contributed by atoms with Crippen molar-refractivity contribution in [2.24, 2.45) is 5.92 Å². The van der Waals surface area contributed by atoms with E-state index in [-0.39, 0.29) is 0 Å². The Labute approximate surface area is 94.7 Å². The molecule has 1 aliphatic rings. The number of hydrogen-bond acceptors (Lipinski definition) is 3. The maximum absolute atomic E-state index is 11.0. The van der Waals surface area contributed by atoms with Gasteiger partial charge < -0.3 is 10.0 Å². The molecule has 5 heteroatoms. The Kier molecular flexibility index (Phi) is 2.96. The maximum atomic E-state index is 11.0. The van der Waals surface area contributed by atoms with Gasteiger partial charge >= 0.3 is 5.97 Å². The molecule has 2 heterocycles. The fourth-order valence-corrected chi connectivity index (χ4v) is 2.35. The molecule has 1 aliphatic heterocycles. The highest BCUT2D eigenvalue weighted by atomic mass is 16.4. The molecular formula is C11H17N3O2. The van der Waals surface area contributed by atoms with E-state index in [1.54, 1.807) is 0 Å². The molecule has 0 bridgehead atoms. The van der Waals surface area contributed by atoms with Crippen LogP contribution >= 0.6 is 0 Å². The predicted molar refractivity (Wildman–Crippen MR) is 59.6 cm³/mol. The second-order valence-electron chi connectivity index (χ2n) is 4.65. The Hall–Kier alpha value is -1.36. The van der Waals surface area contributed by atoms with Crippen molar-refractivity contribution in [3.63, 3.8) is 0 Å². The smallest absolute Gasteiger partial charge is 0.339 e. The number of fused-ring (bicyclic) bond motifs is 1. The molecular weight excluding hydrogens is 206 g/mol. The number of aromatic nitrogens is 2. The number of aromatic carboxylic acids is 1. The molecule has 16 heavy (non-hydrogen) atoms. The lowest BCUT2D eigenvalue weighted by Gasteiger charge is -2.26. The molecule has 1 atom stereocenters. The first kappa shape index (κ1) is 11.1. The minimum absolute atomic E-state index is 0.364. The SMILES string of the molecule is CN(C)C[C@H]1CCn2ncc(C(=O)O)c2C1. The lowest BCUT2D eigenvalue weighted by Crippen LogP contribution is -2.29. The largest absolute Gasteiger partial charge is 0.478 e. The monoisotopic (exact) mass is 223 g/mol. The summed E-state index contributed by atoms with van der Waals surface area (Å²) in [7, 11) is 4.09. The molecule has 88 valence electrons. The van der Waals surface area contributed by atoms with Gasteiger partial charge in [-0.05, 0) is 32.9 Å². The number of carboxylic acids is 1. The van der Waals surface area contributed by atoms with Gasteiger partial charge in [-0.25, -0.2) is 4.79 Å². The van der Waals surface area contributed by atoms with E-state index in [0.29, 0.717) is 11.5 Å². The van der Waals surface area contributed by atoms with Gasteiger partial charge in [0.05, 0.1) is 11.9 Å². The van der Waals surface area contributed by atoms with Gasteiger partial charge in [0.2, 0.25) is 0 Å². The molecule has 2 rings (SSSR count). The summed E-state index contributed by atoms with van der Waals surface area (Å²) in [5.41, 5.74) is 1.24. The van der Waals surface area contributed by atoms with Crippen molar-refractivity contribution in [1.82, 2.24) is 14.7 Å². The average molecular weight is 223 g/mol. The van der Waals surface area contributed by atoms with E-state index in [1.165, 1.54) is 6.20 Å². The number of carboxylic acid groups (broad SMARTS) is 1. The molecule has 0 aliphatic carbocycles. The van der Waals surface area contributed by atoms with Crippen LogP contribution in [0.25, 0.3) is 0 Å². The van der Waals surface area contributed by atoms with Gasteiger partial charge in [0, 0.05) is 13.1 Å². The average Bonchev–Trinajstić information content (AvgIpc) is 2.59. The van der Waals surface area contributed by atoms with Gasteiger partial charge in [-0.3, -0.25) is 4.68 Å². The summed E-state index contributed by atoms with van der Waals surface area (Å²) in [4.78, 5) is 13.1. The molecule has 1 N–H and O–H groups in total. The number of aryl methyl sites for hydroxylation is 1. The van der Waals surface area contributed by atoms with E-state index in [9.17, 15) is 4.79 Å². The van der Waals surface area contributed by atoms with E-state index in [2.05, 4.69) is 10.00 Å². The molecule has 1 aromatic heterocycles. The first-order chi connectivity index (χ1) is 7.58. The van der Waals surface area contributed by atoms with Crippen LogP contribution in [0.1, 0.15) is 22.5 Å². The van der Waals surface area contributed by atoms with Crippen LogP contribution in [-0.4, -0.2) is 46.4 Å². The van der Waals surface area contributed by atoms with Crippen LogP contribution in [0.15, 0.2) is 6.20 Å². The number of hydrogen-bond donors (Lipinski definition) is 1. The Morgan fingerprint density at radius 2 is 2.44 bits per heavy atom. The molecule has 0 saturated carbocycles. The van der Waals surface area contributed by atoms with Gasteiger partial charge in [-0.2, -0.15) is 5.10 Å². The molecule has 0 amide bonds. The van der Waals surface area contributed by atoms with Crippen molar-refractivity contribution >= 4 is 5.97 Å². The summed E-state index contributed by atoms with van der Waals surface area (Å²) >= 11 is 0. The van der Waals surface area contributed by atoms with E-state index in [0.717, 1.165) is 31.6 Å². The van der Waals surface area contributed by atoms with Gasteiger partial charge in [-0.1, -0.05) is 0 Å². The molecule has 0 fully saturated rings. The highest BCUT2D eigenvalue weighted by Crippen LogP contribution is 2.23. The normalized spacial score (nSPS) is 19.8. The third kappa shape index (κ3) is 2.09. The molecule has 0 radical (unpaired) electrons. The van der Waals surface area contributed by atoms with Crippen molar-refractivity contribution in [2.75, 3.05) is 20.6 Å². The van der Waals surface area contributed by atoms with Crippen molar-refractivity contribution in [3.05, 3.63) is 17.5 Å². The molecule has 0 aromatic carbocycles. The summed E-state index contributed by atoms with van der Waals surface area (Å²) in [6.45, 7) is 1.84. The predicted octanol–water partition coefficient (Wildman–Crippen LogP) is 0.705. The van der Waals surface area contributed by atoms with Crippen LogP contribution in [0.4, 0.5) is 0 Å². The van der Waals surface area contributed by atoms with Crippen LogP contribution in [0, 0.1) is 5.92 Å². The summed E-state index contributed by atoms with van der Waals surface area (Å²) < 4.78 is 1.83. The van der Waals surface area contributed by atoms with Crippen LogP contribution in [-0.2, 0) is 13.0 Å². The van der Waals surface area contributed by atoms with E-state index >= 15 is 0 Å². The van der Waals surface area contributed by atoms with Gasteiger partial charge in [0.15, 0.2) is 0 Å². The topological polar surface area (TPSA) is 58.4 Å². The van der Waals surface area contributed by atoms with Gasteiger partial charge in [0.25, 0.3) is 0 Å². The minimum atomic E-state index is -0.869. The molecule has 5 nitrogen and oxygen atoms in total. The van der Waals surface area contributed by atoms with Crippen LogP contribution in [0.5, 0.6) is 0 Å². The first-order valence-corrected chi connectivity index (χ1v) is 5.50. The zero-order valence-electron chi connectivity index (χ0n) is 9.68. The third-order valence-corrected chi connectivity index (χ3v) is 3.03. The number of rotatable bonds is 3. The van der Waals surface area contributed by atoms with E-state index in [1.807, 2.05) is 18.8 Å². The fraction of sp³-hybridized carbons (Fsp3) is 0.636. The highest BCUT2D eigenvalue weighted by molar-refractivity contribution is 5.88. The molecule has 0 saturated heterocycles. The quantitative estimate of drug-likeness (QED) is 0.819. The van der Waals surface area contributed by atoms with Crippen LogP contribution in [0.2, 0.25) is 0 Å². The number of nitrogens with zero attached hydrogens (tertiary/aromatic N) is 3. The summed E-state index contributed by atoms with van der Waals surface area (Å²) in [6.07, 6.45) is 3.36. The first-order valence-electron chi connectivity index (χ1n) is 5.50. The Balaban J connectivity index is 2.17. The maximum Gasteiger partial charge on any atom is 0.339 e. The van der Waals surface area contributed by atoms with E-state index in [4.69, 9.17) is 5.11 Å². The van der Waals surface area contributed by atoms with Crippen molar-refractivity contribution in [2.45, 2.75) is 19.4 Å². The zero-order valence-corrected chi connectivity index (χ0v) is 9.68. The fourth-order valence-electron chi connectivity index (χ4n) is 2.35. The van der Waals surface area contributed by atoms with E-state index < -0.39 is 5.97 Å². The third-order valence-electron chi connectivity index (χ3n) is 3.03. The van der Waals surface area contributed by atoms with Crippen molar-refractivity contribution in [3.8, 4) is 0 Å². The Morgan fingerprint density at radius 1 is 1.69 bits per heavy atom. The zero-order chi connectivity index (χ0) is 11.7. The summed E-state index contributed by atoms with van der Waals surface area (Å²) in [6, 6.07) is 0. The standard InChI is InChI=1S/C11H17N3O2/c1-13(2)7-8-3-4-14-10(5-8)9(6-12-14)11(15)16/h6,8H,3-5,7H2,1-2H3,(H,15,16)/t8-/m0/s1. The minimum Gasteiger partial charge on any atom is -0.478 e. The van der Waals surface area contributed by atoms with Crippen LogP contribution in [0.3, 0.4) is 0 Å². The number of carbonyl (C=O) groups is 1. The van der Waals surface area contributed by atoms with Crippen LogP contribution < -0.4 is 0 Å².